The molecule has 1 atom stereocenters. The molecule has 1 amide bonds. The summed E-state index contributed by atoms with van der Waals surface area (Å²) in [7, 11) is 0. The Labute approximate surface area is 135 Å². The monoisotopic (exact) mass is 315 g/mol. The summed E-state index contributed by atoms with van der Waals surface area (Å²) in [4.78, 5) is 12.1. The van der Waals surface area contributed by atoms with Crippen LogP contribution in [0.4, 0.5) is 0 Å². The molecule has 1 aromatic carbocycles. The van der Waals surface area contributed by atoms with Crippen LogP contribution >= 0.6 is 0 Å². The topological polar surface area (TPSA) is 65.4 Å². The lowest BCUT2D eigenvalue weighted by atomic mass is 10.0. The van der Waals surface area contributed by atoms with E-state index in [-0.39, 0.29) is 5.91 Å². The summed E-state index contributed by atoms with van der Waals surface area (Å²) in [5.41, 5.74) is 1.17. The molecule has 0 saturated carbocycles. The van der Waals surface area contributed by atoms with Crippen molar-refractivity contribution in [3.63, 3.8) is 0 Å². The molecule has 2 heterocycles. The first-order valence-electron chi connectivity index (χ1n) is 7.90. The molecule has 1 aromatic heterocycles. The number of carbonyl (C=O) groups is 1. The van der Waals surface area contributed by atoms with E-state index in [1.807, 2.05) is 41.2 Å². The van der Waals surface area contributed by atoms with Gasteiger partial charge in [0.05, 0.1) is 19.8 Å². The average molecular weight is 315 g/mol. The lowest BCUT2D eigenvalue weighted by molar-refractivity contribution is -0.128. The predicted octanol–water partition coefficient (Wildman–Crippen LogP) is 1.41. The molecule has 1 N–H and O–H groups in total. The minimum absolute atomic E-state index is 0.0739. The Morgan fingerprint density at radius 3 is 3.13 bits per heavy atom. The largest absolute Gasteiger partial charge is 0.480 e. The Kier molecular flexibility index (Phi) is 5.26. The van der Waals surface area contributed by atoms with Gasteiger partial charge in [-0.25, -0.2) is 0 Å². The van der Waals surface area contributed by atoms with Gasteiger partial charge in [0, 0.05) is 18.9 Å². The highest BCUT2D eigenvalue weighted by Gasteiger charge is 2.25. The first-order valence-corrected chi connectivity index (χ1v) is 7.90. The fourth-order valence-electron chi connectivity index (χ4n) is 2.56. The first kappa shape index (κ1) is 15.6. The Balaban J connectivity index is 1.32. The number of aromatic nitrogens is 2. The van der Waals surface area contributed by atoms with E-state index in [9.17, 15) is 4.79 Å². The Hall–Kier alpha value is -2.34. The molecule has 122 valence electrons. The summed E-state index contributed by atoms with van der Waals surface area (Å²) in [5, 5.41) is 6.96. The number of carbonyl (C=O) groups excluding carboxylic acids is 1. The summed E-state index contributed by atoms with van der Waals surface area (Å²) in [6, 6.07) is 9.74. The SMILES string of the molecule is O=C(NCCOCCn1cccn1)[C@@H]1CCc2ccccc2O1. The zero-order valence-electron chi connectivity index (χ0n) is 13.0. The van der Waals surface area contributed by atoms with E-state index >= 15 is 0 Å². The van der Waals surface area contributed by atoms with Gasteiger partial charge in [-0.3, -0.25) is 9.48 Å². The number of nitrogens with one attached hydrogen (secondary N) is 1. The summed E-state index contributed by atoms with van der Waals surface area (Å²) in [5.74, 6) is 0.740. The maximum atomic E-state index is 12.1. The van der Waals surface area contributed by atoms with Crippen LogP contribution < -0.4 is 10.1 Å². The molecule has 1 aliphatic heterocycles. The van der Waals surface area contributed by atoms with E-state index < -0.39 is 6.10 Å². The van der Waals surface area contributed by atoms with Gasteiger partial charge in [-0.05, 0) is 30.5 Å². The third-order valence-electron chi connectivity index (χ3n) is 3.78. The molecule has 0 spiro atoms. The molecule has 0 bridgehead atoms. The molecular weight excluding hydrogens is 294 g/mol. The van der Waals surface area contributed by atoms with Gasteiger partial charge in [0.1, 0.15) is 5.75 Å². The fraction of sp³-hybridized carbons (Fsp3) is 0.412. The van der Waals surface area contributed by atoms with Crippen LogP contribution in [0.5, 0.6) is 5.75 Å². The van der Waals surface area contributed by atoms with Gasteiger partial charge >= 0.3 is 0 Å². The van der Waals surface area contributed by atoms with E-state index in [1.165, 1.54) is 5.56 Å². The number of amides is 1. The van der Waals surface area contributed by atoms with Gasteiger partial charge in [-0.2, -0.15) is 5.10 Å². The van der Waals surface area contributed by atoms with Crippen LogP contribution in [-0.4, -0.2) is 41.6 Å². The van der Waals surface area contributed by atoms with Crippen molar-refractivity contribution in [2.24, 2.45) is 0 Å². The van der Waals surface area contributed by atoms with E-state index in [0.29, 0.717) is 32.7 Å². The van der Waals surface area contributed by atoms with Crippen LogP contribution in [0.2, 0.25) is 0 Å². The highest BCUT2D eigenvalue weighted by Crippen LogP contribution is 2.26. The molecule has 6 nitrogen and oxygen atoms in total. The molecule has 2 aromatic rings. The maximum Gasteiger partial charge on any atom is 0.261 e. The van der Waals surface area contributed by atoms with E-state index in [1.54, 1.807) is 6.20 Å². The third kappa shape index (κ3) is 4.32. The number of fused-ring (bicyclic) bond motifs is 1. The number of para-hydroxylation sites is 1. The van der Waals surface area contributed by atoms with Crippen molar-refractivity contribution in [3.8, 4) is 5.75 Å². The van der Waals surface area contributed by atoms with Crippen molar-refractivity contribution in [2.75, 3.05) is 19.8 Å². The summed E-state index contributed by atoms with van der Waals surface area (Å²) >= 11 is 0. The number of hydrogen-bond acceptors (Lipinski definition) is 4. The van der Waals surface area contributed by atoms with Crippen molar-refractivity contribution in [1.82, 2.24) is 15.1 Å². The van der Waals surface area contributed by atoms with Crippen molar-refractivity contribution >= 4 is 5.91 Å². The normalized spacial score (nSPS) is 16.4. The van der Waals surface area contributed by atoms with Crippen molar-refractivity contribution in [2.45, 2.75) is 25.5 Å². The second kappa shape index (κ2) is 7.78. The van der Waals surface area contributed by atoms with Crippen LogP contribution in [0.25, 0.3) is 0 Å². The van der Waals surface area contributed by atoms with Crippen molar-refractivity contribution in [3.05, 3.63) is 48.3 Å². The molecule has 0 fully saturated rings. The van der Waals surface area contributed by atoms with Gasteiger partial charge in [0.2, 0.25) is 0 Å². The van der Waals surface area contributed by atoms with Gasteiger partial charge in [0.15, 0.2) is 6.10 Å². The van der Waals surface area contributed by atoms with Crippen LogP contribution in [0.1, 0.15) is 12.0 Å². The molecule has 3 rings (SSSR count). The molecule has 0 unspecified atom stereocenters. The van der Waals surface area contributed by atoms with E-state index in [2.05, 4.69) is 10.4 Å². The van der Waals surface area contributed by atoms with Gasteiger partial charge in [-0.15, -0.1) is 0 Å². The maximum absolute atomic E-state index is 12.1. The molecule has 1 aliphatic rings. The minimum atomic E-state index is -0.408. The Morgan fingerprint density at radius 2 is 2.26 bits per heavy atom. The zero-order chi connectivity index (χ0) is 15.9. The second-order valence-electron chi connectivity index (χ2n) is 5.43. The van der Waals surface area contributed by atoms with Gasteiger partial charge in [0.25, 0.3) is 5.91 Å². The number of ether oxygens (including phenoxy) is 2. The van der Waals surface area contributed by atoms with Crippen molar-refractivity contribution in [1.29, 1.82) is 0 Å². The van der Waals surface area contributed by atoms with Crippen LogP contribution in [-0.2, 0) is 22.5 Å². The lowest BCUT2D eigenvalue weighted by Gasteiger charge is -2.25. The smallest absolute Gasteiger partial charge is 0.261 e. The third-order valence-corrected chi connectivity index (χ3v) is 3.78. The van der Waals surface area contributed by atoms with Crippen molar-refractivity contribution < 1.29 is 14.3 Å². The van der Waals surface area contributed by atoms with Crippen LogP contribution in [0, 0.1) is 0 Å². The highest BCUT2D eigenvalue weighted by atomic mass is 16.5. The molecule has 0 saturated heterocycles. The summed E-state index contributed by atoms with van der Waals surface area (Å²) in [6.07, 6.45) is 4.80. The summed E-state index contributed by atoms with van der Waals surface area (Å²) in [6.45, 7) is 2.25. The second-order valence-corrected chi connectivity index (χ2v) is 5.43. The quantitative estimate of drug-likeness (QED) is 0.785. The van der Waals surface area contributed by atoms with Crippen LogP contribution in [0.15, 0.2) is 42.7 Å². The lowest BCUT2D eigenvalue weighted by Crippen LogP contribution is -2.41. The van der Waals surface area contributed by atoms with Crippen LogP contribution in [0.3, 0.4) is 0 Å². The highest BCUT2D eigenvalue weighted by molar-refractivity contribution is 5.81. The Bertz CT molecular complexity index is 628. The molecule has 0 aliphatic carbocycles. The predicted molar refractivity (Wildman–Crippen MR) is 85.2 cm³/mol. The first-order chi connectivity index (χ1) is 11.3. The molecular formula is C17H21N3O3. The minimum Gasteiger partial charge on any atom is -0.480 e. The van der Waals surface area contributed by atoms with Gasteiger partial charge < -0.3 is 14.8 Å². The number of aryl methyl sites for hydroxylation is 1. The number of hydrogen-bond donors (Lipinski definition) is 1. The molecule has 0 radical (unpaired) electrons. The number of nitrogens with zero attached hydrogens (tertiary/aromatic N) is 2. The summed E-state index contributed by atoms with van der Waals surface area (Å²) < 4.78 is 13.1. The van der Waals surface area contributed by atoms with E-state index in [0.717, 1.165) is 12.2 Å². The number of rotatable bonds is 7. The number of benzene rings is 1. The van der Waals surface area contributed by atoms with E-state index in [4.69, 9.17) is 9.47 Å². The molecule has 6 heteroatoms. The standard InChI is InChI=1S/C17H21N3O3/c21-17(16-7-6-14-4-1-2-5-15(14)23-16)18-9-12-22-13-11-20-10-3-8-19-20/h1-5,8,10,16H,6-7,9,11-13H2,(H,18,21)/t16-/m0/s1. The Morgan fingerprint density at radius 1 is 1.35 bits per heavy atom. The average Bonchev–Trinajstić information content (AvgIpc) is 3.10. The fourth-order valence-corrected chi connectivity index (χ4v) is 2.56. The van der Waals surface area contributed by atoms with Gasteiger partial charge in [-0.1, -0.05) is 18.2 Å². The zero-order valence-corrected chi connectivity index (χ0v) is 13.0. The molecule has 23 heavy (non-hydrogen) atoms.